The van der Waals surface area contributed by atoms with E-state index in [-0.39, 0.29) is 24.6 Å². The molecule has 1 aliphatic rings. The van der Waals surface area contributed by atoms with Crippen LogP contribution in [-0.4, -0.2) is 64.1 Å². The number of carboxylic acid groups (broad SMARTS) is 1. The van der Waals surface area contributed by atoms with E-state index in [1.165, 1.54) is 0 Å². The Morgan fingerprint density at radius 3 is 2.33 bits per heavy atom. The van der Waals surface area contributed by atoms with Crippen molar-refractivity contribution < 1.29 is 24.9 Å². The number of carbonyl (C=O) groups is 2. The van der Waals surface area contributed by atoms with Gasteiger partial charge in [0.2, 0.25) is 0 Å². The zero-order chi connectivity index (χ0) is 13.7. The summed E-state index contributed by atoms with van der Waals surface area (Å²) < 4.78 is 0. The molecule has 1 fully saturated rings. The first-order valence-corrected chi connectivity index (χ1v) is 6.03. The largest absolute Gasteiger partial charge is 0.479 e. The third-order valence-corrected chi connectivity index (χ3v) is 3.24. The molecule has 1 unspecified atom stereocenters. The number of urea groups is 1. The molecule has 0 spiro atoms. The van der Waals surface area contributed by atoms with Crippen molar-refractivity contribution in [2.75, 3.05) is 19.6 Å². The Morgan fingerprint density at radius 1 is 1.33 bits per heavy atom. The van der Waals surface area contributed by atoms with E-state index in [1.807, 2.05) is 0 Å². The summed E-state index contributed by atoms with van der Waals surface area (Å²) in [6.07, 6.45) is -0.493. The van der Waals surface area contributed by atoms with Gasteiger partial charge in [-0.15, -0.1) is 0 Å². The molecule has 0 aromatic heterocycles. The van der Waals surface area contributed by atoms with E-state index < -0.39 is 12.1 Å². The number of likely N-dealkylation sites (tertiary alicyclic amines) is 1. The summed E-state index contributed by atoms with van der Waals surface area (Å²) >= 11 is 0. The van der Waals surface area contributed by atoms with Gasteiger partial charge in [-0.1, -0.05) is 0 Å². The van der Waals surface area contributed by atoms with Crippen LogP contribution in [0.25, 0.3) is 0 Å². The second-order valence-electron chi connectivity index (χ2n) is 4.61. The molecule has 4 N–H and O–H groups in total. The van der Waals surface area contributed by atoms with Crippen LogP contribution in [0.15, 0.2) is 0 Å². The zero-order valence-corrected chi connectivity index (χ0v) is 10.4. The lowest BCUT2D eigenvalue weighted by Gasteiger charge is -2.33. The maximum absolute atomic E-state index is 11.6. The van der Waals surface area contributed by atoms with Gasteiger partial charge in [0.25, 0.3) is 0 Å². The van der Waals surface area contributed by atoms with Gasteiger partial charge in [-0.3, -0.25) is 0 Å². The van der Waals surface area contributed by atoms with Crippen molar-refractivity contribution in [3.8, 4) is 0 Å². The second kappa shape index (κ2) is 6.55. The van der Waals surface area contributed by atoms with Crippen molar-refractivity contribution in [3.05, 3.63) is 0 Å². The highest BCUT2D eigenvalue weighted by atomic mass is 16.4. The first kappa shape index (κ1) is 14.7. The van der Waals surface area contributed by atoms with Gasteiger partial charge < -0.3 is 25.5 Å². The Kier molecular flexibility index (Phi) is 5.36. The van der Waals surface area contributed by atoms with Crippen molar-refractivity contribution in [2.45, 2.75) is 32.0 Å². The van der Waals surface area contributed by atoms with Crippen molar-refractivity contribution in [1.82, 2.24) is 10.2 Å². The number of amides is 2. The SMILES string of the molecule is CC(O)C1CCN(C(=O)NC[C@H](O)C(=O)O)CC1. The monoisotopic (exact) mass is 260 g/mol. The Labute approximate surface area is 105 Å². The van der Waals surface area contributed by atoms with Crippen LogP contribution in [0.3, 0.4) is 0 Å². The van der Waals surface area contributed by atoms with Crippen LogP contribution < -0.4 is 5.32 Å². The molecule has 0 radical (unpaired) electrons. The highest BCUT2D eigenvalue weighted by Crippen LogP contribution is 2.20. The molecule has 1 aliphatic heterocycles. The van der Waals surface area contributed by atoms with Gasteiger partial charge in [0.15, 0.2) is 6.10 Å². The average molecular weight is 260 g/mol. The Hall–Kier alpha value is -1.34. The highest BCUT2D eigenvalue weighted by Gasteiger charge is 2.25. The minimum atomic E-state index is -1.58. The summed E-state index contributed by atoms with van der Waals surface area (Å²) in [6, 6.07) is -0.376. The van der Waals surface area contributed by atoms with Crippen molar-refractivity contribution in [2.24, 2.45) is 5.92 Å². The fraction of sp³-hybridized carbons (Fsp3) is 0.818. The minimum Gasteiger partial charge on any atom is -0.479 e. The van der Waals surface area contributed by atoms with Crippen molar-refractivity contribution in [1.29, 1.82) is 0 Å². The number of nitrogens with one attached hydrogen (secondary N) is 1. The van der Waals surface area contributed by atoms with E-state index in [0.29, 0.717) is 13.1 Å². The second-order valence-corrected chi connectivity index (χ2v) is 4.61. The summed E-state index contributed by atoms with van der Waals surface area (Å²) in [4.78, 5) is 23.6. The van der Waals surface area contributed by atoms with E-state index >= 15 is 0 Å². The molecule has 0 saturated carbocycles. The summed E-state index contributed by atoms with van der Waals surface area (Å²) in [5.74, 6) is -1.15. The molecule has 2 amide bonds. The number of aliphatic hydroxyl groups excluding tert-OH is 2. The standard InChI is InChI=1S/C11H20N2O5/c1-7(14)8-2-4-13(5-3-8)11(18)12-6-9(15)10(16)17/h7-9,14-15H,2-6H2,1H3,(H,12,18)(H,16,17)/t7?,9-/m0/s1. The fourth-order valence-corrected chi connectivity index (χ4v) is 1.97. The van der Waals surface area contributed by atoms with Crippen LogP contribution in [0.5, 0.6) is 0 Å². The number of nitrogens with zero attached hydrogens (tertiary/aromatic N) is 1. The predicted molar refractivity (Wildman–Crippen MR) is 63.0 cm³/mol. The quantitative estimate of drug-likeness (QED) is 0.531. The van der Waals surface area contributed by atoms with E-state index in [0.717, 1.165) is 12.8 Å². The molecule has 0 aromatic rings. The molecule has 1 heterocycles. The maximum atomic E-state index is 11.6. The van der Waals surface area contributed by atoms with Gasteiger partial charge in [-0.05, 0) is 25.7 Å². The van der Waals surface area contributed by atoms with E-state index in [2.05, 4.69) is 5.32 Å². The van der Waals surface area contributed by atoms with Gasteiger partial charge in [-0.25, -0.2) is 9.59 Å². The molecule has 1 rings (SSSR count). The molecule has 7 heteroatoms. The normalized spacial score (nSPS) is 20.3. The molecule has 1 saturated heterocycles. The Bertz CT molecular complexity index is 300. The van der Waals surface area contributed by atoms with Gasteiger partial charge >= 0.3 is 12.0 Å². The van der Waals surface area contributed by atoms with Gasteiger partial charge in [0.05, 0.1) is 12.6 Å². The van der Waals surface area contributed by atoms with Crippen LogP contribution >= 0.6 is 0 Å². The van der Waals surface area contributed by atoms with E-state index in [1.54, 1.807) is 11.8 Å². The van der Waals surface area contributed by atoms with E-state index in [4.69, 9.17) is 10.2 Å². The lowest BCUT2D eigenvalue weighted by molar-refractivity contribution is -0.146. The third-order valence-electron chi connectivity index (χ3n) is 3.24. The summed E-state index contributed by atoms with van der Waals surface area (Å²) in [7, 11) is 0. The number of hydrogen-bond donors (Lipinski definition) is 4. The third kappa shape index (κ3) is 4.15. The van der Waals surface area contributed by atoms with Crippen LogP contribution in [0.1, 0.15) is 19.8 Å². The molecular weight excluding hydrogens is 240 g/mol. The van der Waals surface area contributed by atoms with Crippen LogP contribution in [0.2, 0.25) is 0 Å². The first-order chi connectivity index (χ1) is 8.41. The molecule has 2 atom stereocenters. The first-order valence-electron chi connectivity index (χ1n) is 6.03. The maximum Gasteiger partial charge on any atom is 0.334 e. The van der Waals surface area contributed by atoms with Gasteiger partial charge in [0.1, 0.15) is 0 Å². The zero-order valence-electron chi connectivity index (χ0n) is 10.4. The Morgan fingerprint density at radius 2 is 1.89 bits per heavy atom. The summed E-state index contributed by atoms with van der Waals surface area (Å²) in [5, 5.41) is 29.3. The number of aliphatic hydroxyl groups is 2. The molecule has 7 nitrogen and oxygen atoms in total. The molecule has 0 bridgehead atoms. The number of carbonyl (C=O) groups excluding carboxylic acids is 1. The molecule has 104 valence electrons. The molecule has 18 heavy (non-hydrogen) atoms. The number of piperidine rings is 1. The smallest absolute Gasteiger partial charge is 0.334 e. The van der Waals surface area contributed by atoms with Crippen LogP contribution in [-0.2, 0) is 4.79 Å². The molecule has 0 aliphatic carbocycles. The van der Waals surface area contributed by atoms with E-state index in [9.17, 15) is 14.7 Å². The number of hydrogen-bond acceptors (Lipinski definition) is 4. The van der Waals surface area contributed by atoms with Crippen LogP contribution in [0, 0.1) is 5.92 Å². The fourth-order valence-electron chi connectivity index (χ4n) is 1.97. The van der Waals surface area contributed by atoms with Crippen molar-refractivity contribution >= 4 is 12.0 Å². The number of aliphatic carboxylic acids is 1. The Balaban J connectivity index is 2.30. The lowest BCUT2D eigenvalue weighted by atomic mass is 9.92. The topological polar surface area (TPSA) is 110 Å². The predicted octanol–water partition coefficient (Wildman–Crippen LogP) is -0.766. The average Bonchev–Trinajstić information content (AvgIpc) is 2.35. The number of rotatable bonds is 4. The molecule has 0 aromatic carbocycles. The minimum absolute atomic E-state index is 0.207. The van der Waals surface area contributed by atoms with Crippen LogP contribution in [0.4, 0.5) is 4.79 Å². The molecular formula is C11H20N2O5. The lowest BCUT2D eigenvalue weighted by Crippen LogP contribution is -2.48. The number of carboxylic acids is 1. The highest BCUT2D eigenvalue weighted by molar-refractivity contribution is 5.76. The van der Waals surface area contributed by atoms with Gasteiger partial charge in [-0.2, -0.15) is 0 Å². The summed E-state index contributed by atoms with van der Waals surface area (Å²) in [6.45, 7) is 2.50. The van der Waals surface area contributed by atoms with Crippen molar-refractivity contribution in [3.63, 3.8) is 0 Å². The van der Waals surface area contributed by atoms with Gasteiger partial charge in [0, 0.05) is 13.1 Å². The summed E-state index contributed by atoms with van der Waals surface area (Å²) in [5.41, 5.74) is 0.